The average molecular weight is 428 g/mol. The largest absolute Gasteiger partial charge is 0.462 e. The lowest BCUT2D eigenvalue weighted by atomic mass is 9.98. The third-order valence-electron chi connectivity index (χ3n) is 5.14. The first-order valence-corrected chi connectivity index (χ1v) is 10.5. The van der Waals surface area contributed by atoms with E-state index in [9.17, 15) is 9.59 Å². The van der Waals surface area contributed by atoms with E-state index in [4.69, 9.17) is 9.47 Å². The van der Waals surface area contributed by atoms with E-state index in [1.807, 2.05) is 60.7 Å². The summed E-state index contributed by atoms with van der Waals surface area (Å²) in [4.78, 5) is 32.4. The molecule has 6 heteroatoms. The number of aromatic nitrogens is 2. The lowest BCUT2D eigenvalue weighted by Crippen LogP contribution is -2.10. The molecule has 0 aliphatic carbocycles. The van der Waals surface area contributed by atoms with Gasteiger partial charge in [0.1, 0.15) is 0 Å². The minimum absolute atomic E-state index is 0.239. The molecule has 4 aromatic rings. The summed E-state index contributed by atoms with van der Waals surface area (Å²) >= 11 is 0. The van der Waals surface area contributed by atoms with Crippen LogP contribution in [-0.2, 0) is 9.47 Å². The van der Waals surface area contributed by atoms with Crippen LogP contribution in [0.4, 0.5) is 0 Å². The van der Waals surface area contributed by atoms with Crippen LogP contribution < -0.4 is 0 Å². The van der Waals surface area contributed by atoms with Crippen LogP contribution in [0.2, 0.25) is 0 Å². The number of rotatable bonds is 7. The minimum atomic E-state index is -0.465. The van der Waals surface area contributed by atoms with Gasteiger partial charge in [0.05, 0.1) is 35.7 Å². The molecule has 0 radical (unpaired) electrons. The molecule has 0 amide bonds. The fraction of sp³-hybridized carbons (Fsp3) is 0.154. The zero-order valence-electron chi connectivity index (χ0n) is 18.0. The van der Waals surface area contributed by atoms with Crippen LogP contribution in [0.1, 0.15) is 34.6 Å². The normalized spacial score (nSPS) is 10.7. The molecule has 0 bridgehead atoms. The van der Waals surface area contributed by atoms with Crippen molar-refractivity contribution in [2.45, 2.75) is 13.8 Å². The van der Waals surface area contributed by atoms with Crippen molar-refractivity contribution in [2.75, 3.05) is 13.2 Å². The van der Waals surface area contributed by atoms with E-state index < -0.39 is 11.9 Å². The molecule has 0 saturated carbocycles. The van der Waals surface area contributed by atoms with Crippen molar-refractivity contribution in [1.82, 2.24) is 9.97 Å². The molecule has 32 heavy (non-hydrogen) atoms. The number of ether oxygens (including phenoxy) is 2. The molecule has 2 heterocycles. The summed E-state index contributed by atoms with van der Waals surface area (Å²) in [5.74, 6) is -0.929. The predicted molar refractivity (Wildman–Crippen MR) is 123 cm³/mol. The van der Waals surface area contributed by atoms with Crippen LogP contribution in [0.25, 0.3) is 33.6 Å². The molecule has 0 saturated heterocycles. The molecular weight excluding hydrogens is 404 g/mol. The van der Waals surface area contributed by atoms with Gasteiger partial charge in [0.15, 0.2) is 0 Å². The number of nitrogens with one attached hydrogen (secondary N) is 2. The number of aromatic amines is 2. The number of carbonyl (C=O) groups excluding carboxylic acids is 2. The van der Waals surface area contributed by atoms with Gasteiger partial charge in [0, 0.05) is 23.5 Å². The highest BCUT2D eigenvalue weighted by Crippen LogP contribution is 2.37. The SMILES string of the molecule is CCOC(=O)c1c(-c2ccccc2)c[nH]c1-c1[nH]cc(-c2ccccc2)c1C(=O)OCC. The van der Waals surface area contributed by atoms with Crippen molar-refractivity contribution in [2.24, 2.45) is 0 Å². The first-order valence-electron chi connectivity index (χ1n) is 10.5. The summed E-state index contributed by atoms with van der Waals surface area (Å²) < 4.78 is 10.7. The van der Waals surface area contributed by atoms with Gasteiger partial charge in [0.2, 0.25) is 0 Å². The highest BCUT2D eigenvalue weighted by molar-refractivity contribution is 6.08. The highest BCUT2D eigenvalue weighted by atomic mass is 16.5. The summed E-state index contributed by atoms with van der Waals surface area (Å²) in [6.07, 6.45) is 3.52. The van der Waals surface area contributed by atoms with E-state index in [0.29, 0.717) is 33.6 Å². The van der Waals surface area contributed by atoms with E-state index in [0.717, 1.165) is 11.1 Å². The molecule has 2 N–H and O–H groups in total. The van der Waals surface area contributed by atoms with Gasteiger partial charge in [-0.15, -0.1) is 0 Å². The topological polar surface area (TPSA) is 84.2 Å². The van der Waals surface area contributed by atoms with Gasteiger partial charge in [-0.3, -0.25) is 0 Å². The number of hydrogen-bond donors (Lipinski definition) is 2. The molecule has 0 aliphatic rings. The van der Waals surface area contributed by atoms with E-state index in [2.05, 4.69) is 9.97 Å². The maximum absolute atomic E-state index is 13.0. The Hall–Kier alpha value is -4.06. The fourth-order valence-corrected chi connectivity index (χ4v) is 3.76. The molecule has 0 fully saturated rings. The van der Waals surface area contributed by atoms with E-state index in [-0.39, 0.29) is 13.2 Å². The predicted octanol–water partition coefficient (Wildman–Crippen LogP) is 5.70. The molecule has 0 atom stereocenters. The third-order valence-corrected chi connectivity index (χ3v) is 5.14. The third kappa shape index (κ3) is 3.95. The molecule has 0 unspecified atom stereocenters. The Labute approximate surface area is 186 Å². The van der Waals surface area contributed by atoms with E-state index in [1.54, 1.807) is 26.2 Å². The van der Waals surface area contributed by atoms with Crippen LogP contribution in [0.5, 0.6) is 0 Å². The molecule has 6 nitrogen and oxygen atoms in total. The number of carbonyl (C=O) groups is 2. The molecule has 0 aliphatic heterocycles. The number of benzene rings is 2. The maximum Gasteiger partial charge on any atom is 0.341 e. The average Bonchev–Trinajstić information content (AvgIpc) is 3.45. The quantitative estimate of drug-likeness (QED) is 0.370. The van der Waals surface area contributed by atoms with Crippen molar-refractivity contribution < 1.29 is 19.1 Å². The Morgan fingerprint density at radius 1 is 0.656 bits per heavy atom. The number of esters is 2. The smallest absolute Gasteiger partial charge is 0.341 e. The second-order valence-corrected chi connectivity index (χ2v) is 7.08. The van der Waals surface area contributed by atoms with Crippen LogP contribution in [0.3, 0.4) is 0 Å². The van der Waals surface area contributed by atoms with Gasteiger partial charge in [0.25, 0.3) is 0 Å². The van der Waals surface area contributed by atoms with Gasteiger partial charge >= 0.3 is 11.9 Å². The van der Waals surface area contributed by atoms with Crippen LogP contribution in [-0.4, -0.2) is 35.1 Å². The Bertz CT molecular complexity index is 1130. The zero-order valence-corrected chi connectivity index (χ0v) is 18.0. The van der Waals surface area contributed by atoms with E-state index in [1.165, 1.54) is 0 Å². The Morgan fingerprint density at radius 3 is 1.38 bits per heavy atom. The van der Waals surface area contributed by atoms with Crippen molar-refractivity contribution in [1.29, 1.82) is 0 Å². The maximum atomic E-state index is 13.0. The molecule has 0 spiro atoms. The van der Waals surface area contributed by atoms with Crippen molar-refractivity contribution in [3.05, 3.63) is 84.2 Å². The monoisotopic (exact) mass is 428 g/mol. The number of H-pyrrole nitrogens is 2. The second kappa shape index (κ2) is 9.39. The van der Waals surface area contributed by atoms with Crippen molar-refractivity contribution >= 4 is 11.9 Å². The summed E-state index contributed by atoms with van der Waals surface area (Å²) in [5, 5.41) is 0. The second-order valence-electron chi connectivity index (χ2n) is 7.08. The minimum Gasteiger partial charge on any atom is -0.462 e. The Morgan fingerprint density at radius 2 is 1.03 bits per heavy atom. The van der Waals surface area contributed by atoms with Crippen LogP contribution >= 0.6 is 0 Å². The summed E-state index contributed by atoms with van der Waals surface area (Å²) in [6.45, 7) is 4.00. The first-order chi connectivity index (χ1) is 15.7. The summed E-state index contributed by atoms with van der Waals surface area (Å²) in [7, 11) is 0. The summed E-state index contributed by atoms with van der Waals surface area (Å²) in [6, 6.07) is 19.1. The van der Waals surface area contributed by atoms with Crippen LogP contribution in [0.15, 0.2) is 73.1 Å². The molecule has 4 rings (SSSR count). The molecule has 162 valence electrons. The van der Waals surface area contributed by atoms with Gasteiger partial charge in [-0.25, -0.2) is 9.59 Å². The fourth-order valence-electron chi connectivity index (χ4n) is 3.76. The number of hydrogen-bond acceptors (Lipinski definition) is 4. The first kappa shape index (κ1) is 21.2. The van der Waals surface area contributed by atoms with Gasteiger partial charge in [-0.1, -0.05) is 60.7 Å². The van der Waals surface area contributed by atoms with Crippen molar-refractivity contribution in [3.8, 4) is 33.6 Å². The van der Waals surface area contributed by atoms with Gasteiger partial charge in [-0.05, 0) is 25.0 Å². The highest BCUT2D eigenvalue weighted by Gasteiger charge is 2.28. The lowest BCUT2D eigenvalue weighted by molar-refractivity contribution is 0.0516. The summed E-state index contributed by atoms with van der Waals surface area (Å²) in [5.41, 5.74) is 4.82. The Balaban J connectivity index is 1.94. The Kier molecular flexibility index (Phi) is 6.22. The molecule has 2 aromatic carbocycles. The molecular formula is C26H24N2O4. The standard InChI is InChI=1S/C26H24N2O4/c1-3-31-25(29)21-19(17-11-7-5-8-12-17)15-27-23(21)24-22(26(30)32-4-2)20(16-28-24)18-13-9-6-10-14-18/h5-16,27-28H,3-4H2,1-2H3. The van der Waals surface area contributed by atoms with Gasteiger partial charge < -0.3 is 19.4 Å². The van der Waals surface area contributed by atoms with Gasteiger partial charge in [-0.2, -0.15) is 0 Å². The van der Waals surface area contributed by atoms with Crippen molar-refractivity contribution in [3.63, 3.8) is 0 Å². The van der Waals surface area contributed by atoms with E-state index >= 15 is 0 Å². The zero-order chi connectivity index (χ0) is 22.5. The van der Waals surface area contributed by atoms with Crippen LogP contribution in [0, 0.1) is 0 Å². The molecule has 2 aromatic heterocycles. The lowest BCUT2D eigenvalue weighted by Gasteiger charge is -2.10.